The molecule has 2 aromatic rings. The van der Waals surface area contributed by atoms with Gasteiger partial charge in [0.05, 0.1) is 6.20 Å². The van der Waals surface area contributed by atoms with E-state index in [0.29, 0.717) is 4.48 Å². The molecular formula is C21H19N2+. The van der Waals surface area contributed by atoms with Crippen molar-refractivity contribution in [3.05, 3.63) is 95.8 Å². The van der Waals surface area contributed by atoms with Crippen molar-refractivity contribution in [1.82, 2.24) is 4.48 Å². The van der Waals surface area contributed by atoms with Gasteiger partial charge in [-0.2, -0.15) is 0 Å². The van der Waals surface area contributed by atoms with E-state index in [0.717, 1.165) is 12.2 Å². The number of benzene rings is 2. The SMILES string of the molecule is C=C[N+]1(Cc2ccccc2)C=CC=c2c1ccc1c2=CC=CN1. The molecule has 0 saturated carbocycles. The Morgan fingerprint density at radius 3 is 2.61 bits per heavy atom. The van der Waals surface area contributed by atoms with Crippen LogP contribution < -0.4 is 20.2 Å². The van der Waals surface area contributed by atoms with E-state index in [4.69, 9.17) is 0 Å². The summed E-state index contributed by atoms with van der Waals surface area (Å²) in [5, 5.41) is 5.82. The van der Waals surface area contributed by atoms with Gasteiger partial charge in [-0.05, 0) is 30.9 Å². The van der Waals surface area contributed by atoms with Crippen LogP contribution in [-0.2, 0) is 6.54 Å². The lowest BCUT2D eigenvalue weighted by atomic mass is 10.0. The molecule has 0 aliphatic carbocycles. The first-order valence-corrected chi connectivity index (χ1v) is 7.84. The first kappa shape index (κ1) is 13.8. The maximum absolute atomic E-state index is 4.13. The third-order valence-electron chi connectivity index (χ3n) is 4.54. The van der Waals surface area contributed by atoms with Gasteiger partial charge < -0.3 is 5.32 Å². The maximum Gasteiger partial charge on any atom is 0.150 e. The number of hydrogen-bond donors (Lipinski definition) is 1. The molecule has 4 rings (SSSR count). The molecule has 1 atom stereocenters. The Kier molecular flexibility index (Phi) is 3.25. The van der Waals surface area contributed by atoms with Crippen LogP contribution >= 0.6 is 0 Å². The van der Waals surface area contributed by atoms with Crippen LogP contribution in [0.2, 0.25) is 0 Å². The highest BCUT2D eigenvalue weighted by molar-refractivity contribution is 5.69. The topological polar surface area (TPSA) is 12.0 Å². The normalized spacial score (nSPS) is 20.5. The number of anilines is 1. The van der Waals surface area contributed by atoms with Crippen LogP contribution in [0.3, 0.4) is 0 Å². The predicted molar refractivity (Wildman–Crippen MR) is 98.7 cm³/mol. The van der Waals surface area contributed by atoms with Crippen molar-refractivity contribution in [2.45, 2.75) is 6.54 Å². The lowest BCUT2D eigenvalue weighted by molar-refractivity contribution is 0.481. The highest BCUT2D eigenvalue weighted by Gasteiger charge is 2.29. The Labute approximate surface area is 136 Å². The summed E-state index contributed by atoms with van der Waals surface area (Å²) in [6, 6.07) is 14.9. The Bertz CT molecular complexity index is 936. The molecule has 0 aromatic heterocycles. The minimum Gasteiger partial charge on any atom is -0.361 e. The molecule has 0 bridgehead atoms. The second kappa shape index (κ2) is 5.41. The van der Waals surface area contributed by atoms with Crippen LogP contribution in [0.4, 0.5) is 11.4 Å². The quantitative estimate of drug-likeness (QED) is 0.857. The molecule has 2 nitrogen and oxygen atoms in total. The van der Waals surface area contributed by atoms with Gasteiger partial charge >= 0.3 is 0 Å². The third kappa shape index (κ3) is 2.24. The number of hydrogen-bond acceptors (Lipinski definition) is 1. The molecule has 0 fully saturated rings. The van der Waals surface area contributed by atoms with Gasteiger partial charge in [0, 0.05) is 34.0 Å². The number of allylic oxidation sites excluding steroid dienone is 2. The summed E-state index contributed by atoms with van der Waals surface area (Å²) in [6.45, 7) is 5.00. The Morgan fingerprint density at radius 2 is 1.78 bits per heavy atom. The first-order chi connectivity index (χ1) is 11.3. The molecule has 2 heteroatoms. The van der Waals surface area contributed by atoms with Crippen molar-refractivity contribution in [3.63, 3.8) is 0 Å². The summed E-state index contributed by atoms with van der Waals surface area (Å²) in [4.78, 5) is 0. The summed E-state index contributed by atoms with van der Waals surface area (Å²) in [5.74, 6) is 0. The summed E-state index contributed by atoms with van der Waals surface area (Å²) < 4.78 is 0.626. The zero-order chi connectivity index (χ0) is 15.7. The number of quaternary nitrogens is 1. The zero-order valence-electron chi connectivity index (χ0n) is 12.9. The van der Waals surface area contributed by atoms with Crippen LogP contribution in [0.25, 0.3) is 12.2 Å². The Morgan fingerprint density at radius 1 is 0.957 bits per heavy atom. The van der Waals surface area contributed by atoms with Crippen LogP contribution in [-0.4, -0.2) is 0 Å². The van der Waals surface area contributed by atoms with Gasteiger partial charge in [-0.1, -0.05) is 36.4 Å². The van der Waals surface area contributed by atoms with Gasteiger partial charge in [-0.3, -0.25) is 0 Å². The number of fused-ring (bicyclic) bond motifs is 3. The van der Waals surface area contributed by atoms with Crippen molar-refractivity contribution in [1.29, 1.82) is 0 Å². The summed E-state index contributed by atoms with van der Waals surface area (Å²) in [5.41, 5.74) is 3.71. The van der Waals surface area contributed by atoms with Crippen LogP contribution in [0, 0.1) is 0 Å². The molecule has 2 aliphatic rings. The summed E-state index contributed by atoms with van der Waals surface area (Å²) in [7, 11) is 0. The highest BCUT2D eigenvalue weighted by atomic mass is 15.3. The molecule has 0 amide bonds. The molecule has 0 saturated heterocycles. The zero-order valence-corrected chi connectivity index (χ0v) is 12.9. The second-order valence-corrected chi connectivity index (χ2v) is 5.89. The van der Waals surface area contributed by atoms with Gasteiger partial charge in [-0.15, -0.1) is 0 Å². The van der Waals surface area contributed by atoms with Crippen molar-refractivity contribution >= 4 is 23.5 Å². The Hall–Kier alpha value is -2.84. The fraction of sp³-hybridized carbons (Fsp3) is 0.0476. The fourth-order valence-corrected chi connectivity index (χ4v) is 3.37. The summed E-state index contributed by atoms with van der Waals surface area (Å²) in [6.07, 6.45) is 14.7. The molecule has 1 N–H and O–H groups in total. The van der Waals surface area contributed by atoms with E-state index < -0.39 is 0 Å². The van der Waals surface area contributed by atoms with Crippen molar-refractivity contribution < 1.29 is 0 Å². The maximum atomic E-state index is 4.13. The largest absolute Gasteiger partial charge is 0.361 e. The van der Waals surface area contributed by atoms with Crippen LogP contribution in [0.1, 0.15) is 5.56 Å². The molecule has 0 radical (unpaired) electrons. The molecule has 2 heterocycles. The average Bonchev–Trinajstić information content (AvgIpc) is 2.62. The molecular weight excluding hydrogens is 280 g/mol. The van der Waals surface area contributed by atoms with E-state index in [9.17, 15) is 0 Å². The van der Waals surface area contributed by atoms with Crippen LogP contribution in [0.15, 0.2) is 79.8 Å². The lowest BCUT2D eigenvalue weighted by Crippen LogP contribution is -2.46. The highest BCUT2D eigenvalue weighted by Crippen LogP contribution is 2.27. The second-order valence-electron chi connectivity index (χ2n) is 5.89. The molecule has 2 aliphatic heterocycles. The average molecular weight is 299 g/mol. The van der Waals surface area contributed by atoms with Crippen molar-refractivity contribution in [3.8, 4) is 0 Å². The van der Waals surface area contributed by atoms with E-state index in [2.05, 4.69) is 84.9 Å². The Balaban J connectivity index is 1.92. The smallest absolute Gasteiger partial charge is 0.150 e. The predicted octanol–water partition coefficient (Wildman–Crippen LogP) is 3.37. The molecule has 2 aromatic carbocycles. The molecule has 1 unspecified atom stereocenters. The van der Waals surface area contributed by atoms with Crippen LogP contribution in [0.5, 0.6) is 0 Å². The molecule has 23 heavy (non-hydrogen) atoms. The number of nitrogens with zero attached hydrogens (tertiary/aromatic N) is 1. The minimum absolute atomic E-state index is 0.626. The fourth-order valence-electron chi connectivity index (χ4n) is 3.37. The van der Waals surface area contributed by atoms with Crippen molar-refractivity contribution in [2.75, 3.05) is 5.32 Å². The van der Waals surface area contributed by atoms with Crippen molar-refractivity contribution in [2.24, 2.45) is 0 Å². The van der Waals surface area contributed by atoms with Gasteiger partial charge in [-0.25, -0.2) is 4.48 Å². The van der Waals surface area contributed by atoms with Gasteiger partial charge in [0.25, 0.3) is 0 Å². The van der Waals surface area contributed by atoms with E-state index in [1.54, 1.807) is 0 Å². The van der Waals surface area contributed by atoms with E-state index >= 15 is 0 Å². The van der Waals surface area contributed by atoms with Gasteiger partial charge in [0.1, 0.15) is 18.4 Å². The molecule has 0 spiro atoms. The minimum atomic E-state index is 0.626. The third-order valence-corrected chi connectivity index (χ3v) is 4.54. The van der Waals surface area contributed by atoms with Gasteiger partial charge in [0.15, 0.2) is 0 Å². The monoisotopic (exact) mass is 299 g/mol. The molecule has 112 valence electrons. The first-order valence-electron chi connectivity index (χ1n) is 7.84. The number of nitrogens with one attached hydrogen (secondary N) is 1. The summed E-state index contributed by atoms with van der Waals surface area (Å²) >= 11 is 0. The van der Waals surface area contributed by atoms with E-state index in [1.807, 2.05) is 12.4 Å². The van der Waals surface area contributed by atoms with Gasteiger partial charge in [0.2, 0.25) is 0 Å². The van der Waals surface area contributed by atoms with E-state index in [1.165, 1.54) is 21.7 Å². The standard InChI is InChI=1S/C21H19N2/c1-2-23(16-17-8-4-3-5-9-17)15-7-11-19-18-10-6-14-22-20(18)12-13-21(19)23/h2-15,22H,1,16H2/q+1. The number of rotatable bonds is 3. The van der Waals surface area contributed by atoms with E-state index in [-0.39, 0.29) is 0 Å². The lowest BCUT2D eigenvalue weighted by Gasteiger charge is -2.32.